The second-order valence-corrected chi connectivity index (χ2v) is 6.67. The minimum absolute atomic E-state index is 0.149. The van der Waals surface area contributed by atoms with Gasteiger partial charge in [-0.25, -0.2) is 4.79 Å². The molecule has 1 aliphatic heterocycles. The smallest absolute Gasteiger partial charge is 0.312 e. The maximum atomic E-state index is 12.9. The lowest BCUT2D eigenvalue weighted by atomic mass is 9.78. The summed E-state index contributed by atoms with van der Waals surface area (Å²) in [4.78, 5) is 25.7. The molecule has 5 nitrogen and oxygen atoms in total. The summed E-state index contributed by atoms with van der Waals surface area (Å²) < 4.78 is 0. The van der Waals surface area contributed by atoms with Gasteiger partial charge in [0, 0.05) is 24.7 Å². The molecule has 1 aromatic rings. The number of likely N-dealkylation sites (tertiary alicyclic amines) is 1. The minimum atomic E-state index is -0.540. The fourth-order valence-electron chi connectivity index (χ4n) is 4.00. The molecule has 1 saturated carbocycles. The van der Waals surface area contributed by atoms with Crippen LogP contribution >= 0.6 is 0 Å². The van der Waals surface area contributed by atoms with Crippen LogP contribution in [0.4, 0.5) is 4.79 Å². The van der Waals surface area contributed by atoms with Gasteiger partial charge in [-0.1, -0.05) is 25.0 Å². The molecule has 23 heavy (non-hydrogen) atoms. The number of rotatable bonds is 3. The first kappa shape index (κ1) is 15.8. The summed E-state index contributed by atoms with van der Waals surface area (Å²) in [5.74, 6) is 0.844. The van der Waals surface area contributed by atoms with Crippen molar-refractivity contribution in [1.29, 1.82) is 0 Å². The van der Waals surface area contributed by atoms with E-state index in [9.17, 15) is 9.59 Å². The monoisotopic (exact) mass is 315 g/mol. The third-order valence-corrected chi connectivity index (χ3v) is 5.17. The van der Waals surface area contributed by atoms with Crippen LogP contribution in [0.15, 0.2) is 24.3 Å². The lowest BCUT2D eigenvalue weighted by Gasteiger charge is -2.44. The highest BCUT2D eigenvalue weighted by Gasteiger charge is 2.35. The van der Waals surface area contributed by atoms with E-state index < -0.39 is 6.03 Å². The van der Waals surface area contributed by atoms with E-state index in [4.69, 9.17) is 5.73 Å². The molecule has 2 fully saturated rings. The summed E-state index contributed by atoms with van der Waals surface area (Å²) in [5, 5.41) is 2.55. The summed E-state index contributed by atoms with van der Waals surface area (Å²) in [6, 6.07) is 7.36. The summed E-state index contributed by atoms with van der Waals surface area (Å²) in [6.45, 7) is 1.27. The summed E-state index contributed by atoms with van der Waals surface area (Å²) >= 11 is 0. The molecule has 0 radical (unpaired) electrons. The molecule has 0 aromatic heterocycles. The zero-order chi connectivity index (χ0) is 16.2. The van der Waals surface area contributed by atoms with Crippen molar-refractivity contribution in [3.63, 3.8) is 0 Å². The van der Waals surface area contributed by atoms with Gasteiger partial charge in [0.1, 0.15) is 0 Å². The van der Waals surface area contributed by atoms with E-state index >= 15 is 0 Å². The molecular formula is C18H25N3O2. The van der Waals surface area contributed by atoms with Gasteiger partial charge in [-0.2, -0.15) is 0 Å². The lowest BCUT2D eigenvalue weighted by Crippen LogP contribution is -2.49. The maximum absolute atomic E-state index is 12.9. The van der Waals surface area contributed by atoms with E-state index in [0.29, 0.717) is 18.5 Å². The fraction of sp³-hybridized carbons (Fsp3) is 0.556. The Bertz CT molecular complexity index is 568. The number of nitrogens with one attached hydrogen (secondary N) is 1. The van der Waals surface area contributed by atoms with Gasteiger partial charge in [-0.05, 0) is 49.3 Å². The molecule has 1 heterocycles. The number of nitrogens with two attached hydrogens (primary N) is 1. The van der Waals surface area contributed by atoms with Gasteiger partial charge < -0.3 is 16.0 Å². The van der Waals surface area contributed by atoms with E-state index in [-0.39, 0.29) is 5.91 Å². The van der Waals surface area contributed by atoms with Gasteiger partial charge >= 0.3 is 6.03 Å². The van der Waals surface area contributed by atoms with Crippen LogP contribution in [0.5, 0.6) is 0 Å². The number of primary amides is 1. The molecule has 1 aromatic carbocycles. The van der Waals surface area contributed by atoms with Gasteiger partial charge in [-0.15, -0.1) is 0 Å². The first-order chi connectivity index (χ1) is 11.1. The number of hydrogen-bond acceptors (Lipinski definition) is 2. The second kappa shape index (κ2) is 7.02. The zero-order valence-corrected chi connectivity index (χ0v) is 13.5. The molecule has 1 saturated heterocycles. The van der Waals surface area contributed by atoms with Crippen LogP contribution in [-0.2, 0) is 6.54 Å². The van der Waals surface area contributed by atoms with Crippen LogP contribution in [0, 0.1) is 5.92 Å². The Morgan fingerprint density at radius 1 is 1.09 bits per heavy atom. The van der Waals surface area contributed by atoms with E-state index in [0.717, 1.165) is 30.5 Å². The van der Waals surface area contributed by atoms with Crippen molar-refractivity contribution in [2.75, 3.05) is 6.54 Å². The molecule has 3 rings (SSSR count). The van der Waals surface area contributed by atoms with Crippen molar-refractivity contribution in [1.82, 2.24) is 10.2 Å². The van der Waals surface area contributed by atoms with Gasteiger partial charge in [-0.3, -0.25) is 4.79 Å². The van der Waals surface area contributed by atoms with Crippen LogP contribution in [0.25, 0.3) is 0 Å². The van der Waals surface area contributed by atoms with Gasteiger partial charge in [0.25, 0.3) is 5.91 Å². The van der Waals surface area contributed by atoms with Crippen molar-refractivity contribution >= 4 is 11.9 Å². The molecule has 3 amide bonds. The SMILES string of the molecule is NC(=O)NCc1ccc(C(=O)N2CCCC3CCCCC32)cc1. The molecular weight excluding hydrogens is 290 g/mol. The van der Waals surface area contributed by atoms with Gasteiger partial charge in [0.2, 0.25) is 0 Å². The Morgan fingerprint density at radius 2 is 1.78 bits per heavy atom. The lowest BCUT2D eigenvalue weighted by molar-refractivity contribution is 0.0390. The summed E-state index contributed by atoms with van der Waals surface area (Å²) in [7, 11) is 0. The normalized spacial score (nSPS) is 23.9. The van der Waals surface area contributed by atoms with E-state index in [2.05, 4.69) is 10.2 Å². The highest BCUT2D eigenvalue weighted by Crippen LogP contribution is 2.35. The molecule has 5 heteroatoms. The van der Waals surface area contributed by atoms with Crippen LogP contribution in [0.2, 0.25) is 0 Å². The molecule has 0 spiro atoms. The molecule has 124 valence electrons. The minimum Gasteiger partial charge on any atom is -0.352 e. The van der Waals surface area contributed by atoms with Crippen molar-refractivity contribution in [2.24, 2.45) is 11.7 Å². The number of fused-ring (bicyclic) bond motifs is 1. The highest BCUT2D eigenvalue weighted by molar-refractivity contribution is 5.94. The Morgan fingerprint density at radius 3 is 2.52 bits per heavy atom. The predicted octanol–water partition coefficient (Wildman–Crippen LogP) is 2.65. The Kier molecular flexibility index (Phi) is 4.84. The third kappa shape index (κ3) is 3.66. The first-order valence-corrected chi connectivity index (χ1v) is 8.58. The molecule has 2 atom stereocenters. The number of nitrogens with zero attached hydrogens (tertiary/aromatic N) is 1. The maximum Gasteiger partial charge on any atom is 0.312 e. The molecule has 3 N–H and O–H groups in total. The van der Waals surface area contributed by atoms with Crippen LogP contribution in [-0.4, -0.2) is 29.4 Å². The summed E-state index contributed by atoms with van der Waals surface area (Å²) in [5.41, 5.74) is 6.74. The third-order valence-electron chi connectivity index (χ3n) is 5.17. The molecule has 1 aliphatic carbocycles. The first-order valence-electron chi connectivity index (χ1n) is 8.58. The average Bonchev–Trinajstić information content (AvgIpc) is 2.59. The fourth-order valence-corrected chi connectivity index (χ4v) is 4.00. The number of hydrogen-bond donors (Lipinski definition) is 2. The van der Waals surface area contributed by atoms with Crippen molar-refractivity contribution < 1.29 is 9.59 Å². The molecule has 2 unspecified atom stereocenters. The van der Waals surface area contributed by atoms with Crippen molar-refractivity contribution in [3.05, 3.63) is 35.4 Å². The van der Waals surface area contributed by atoms with Crippen molar-refractivity contribution in [3.8, 4) is 0 Å². The average molecular weight is 315 g/mol. The van der Waals surface area contributed by atoms with E-state index in [1.807, 2.05) is 24.3 Å². The van der Waals surface area contributed by atoms with Crippen LogP contribution in [0.1, 0.15) is 54.4 Å². The van der Waals surface area contributed by atoms with Crippen LogP contribution < -0.4 is 11.1 Å². The largest absolute Gasteiger partial charge is 0.352 e. The molecule has 0 bridgehead atoms. The number of carbonyl (C=O) groups is 2. The number of amides is 3. The van der Waals surface area contributed by atoms with E-state index in [1.165, 1.54) is 25.7 Å². The Balaban J connectivity index is 1.68. The Hall–Kier alpha value is -2.04. The van der Waals surface area contributed by atoms with Crippen molar-refractivity contribution in [2.45, 2.75) is 51.1 Å². The number of piperidine rings is 1. The van der Waals surface area contributed by atoms with Gasteiger partial charge in [0.15, 0.2) is 0 Å². The number of carbonyl (C=O) groups excluding carboxylic acids is 2. The zero-order valence-electron chi connectivity index (χ0n) is 13.5. The number of urea groups is 1. The summed E-state index contributed by atoms with van der Waals surface area (Å²) in [6.07, 6.45) is 7.36. The quantitative estimate of drug-likeness (QED) is 0.899. The van der Waals surface area contributed by atoms with Crippen LogP contribution in [0.3, 0.4) is 0 Å². The highest BCUT2D eigenvalue weighted by atomic mass is 16.2. The Labute approximate surface area is 137 Å². The predicted molar refractivity (Wildman–Crippen MR) is 88.9 cm³/mol. The topological polar surface area (TPSA) is 75.4 Å². The standard InChI is InChI=1S/C18H25N3O2/c19-18(23)20-12-13-7-9-15(10-8-13)17(22)21-11-3-5-14-4-1-2-6-16(14)21/h7-10,14,16H,1-6,11-12H2,(H3,19,20,23). The molecule has 2 aliphatic rings. The second-order valence-electron chi connectivity index (χ2n) is 6.67. The van der Waals surface area contributed by atoms with E-state index in [1.54, 1.807) is 0 Å². The number of benzene rings is 1. The van der Waals surface area contributed by atoms with Gasteiger partial charge in [0.05, 0.1) is 0 Å².